The topological polar surface area (TPSA) is 66.8 Å². The van der Waals surface area contributed by atoms with Crippen molar-refractivity contribution in [3.05, 3.63) is 29.3 Å². The van der Waals surface area contributed by atoms with Crippen molar-refractivity contribution < 1.29 is 19.4 Å². The fraction of sp³-hybridized carbons (Fsp3) is 0.467. The number of carboxylic acid groups (broad SMARTS) is 1. The van der Waals surface area contributed by atoms with E-state index in [2.05, 4.69) is 10.8 Å². The minimum absolute atomic E-state index is 0.0424. The third-order valence-corrected chi connectivity index (χ3v) is 3.59. The van der Waals surface area contributed by atoms with Crippen LogP contribution in [-0.4, -0.2) is 37.2 Å². The van der Waals surface area contributed by atoms with Gasteiger partial charge in [-0.3, -0.25) is 9.59 Å². The van der Waals surface area contributed by atoms with Crippen LogP contribution in [0.25, 0.3) is 0 Å². The highest BCUT2D eigenvalue weighted by Gasteiger charge is 2.21. The molecule has 0 saturated carbocycles. The Balaban J connectivity index is 2.32. The first-order valence-corrected chi connectivity index (χ1v) is 6.76. The summed E-state index contributed by atoms with van der Waals surface area (Å²) in [7, 11) is 1.31. The Morgan fingerprint density at radius 2 is 2.00 bits per heavy atom. The number of nitrogens with zero attached hydrogens (tertiary/aromatic N) is 1. The van der Waals surface area contributed by atoms with Gasteiger partial charge in [-0.1, -0.05) is 12.1 Å². The van der Waals surface area contributed by atoms with Crippen molar-refractivity contribution in [2.75, 3.05) is 25.1 Å². The first kappa shape index (κ1) is 14.4. The van der Waals surface area contributed by atoms with E-state index in [1.165, 1.54) is 18.2 Å². The standard InChI is InChI=1S/C15H19NO4/c1-20-15(19)10-16(9-14(17)18)13-8-4-6-11-5-2-3-7-12(11)13/h4,6,8H,2-3,5,7,9-10H2,1H3,(H,17,18). The highest BCUT2D eigenvalue weighted by molar-refractivity contribution is 5.81. The Kier molecular flexibility index (Phi) is 4.61. The molecule has 0 atom stereocenters. The van der Waals surface area contributed by atoms with Crippen LogP contribution < -0.4 is 4.90 Å². The van der Waals surface area contributed by atoms with E-state index in [4.69, 9.17) is 5.11 Å². The van der Waals surface area contributed by atoms with Crippen LogP contribution in [0.4, 0.5) is 5.69 Å². The van der Waals surface area contributed by atoms with Gasteiger partial charge < -0.3 is 14.7 Å². The molecule has 0 amide bonds. The number of benzene rings is 1. The summed E-state index contributed by atoms with van der Waals surface area (Å²) in [6.07, 6.45) is 4.21. The zero-order valence-corrected chi connectivity index (χ0v) is 11.6. The van der Waals surface area contributed by atoms with Crippen molar-refractivity contribution >= 4 is 17.6 Å². The monoisotopic (exact) mass is 277 g/mol. The lowest BCUT2D eigenvalue weighted by Crippen LogP contribution is -2.36. The SMILES string of the molecule is COC(=O)CN(CC(=O)O)c1cccc2c1CCCC2. The van der Waals surface area contributed by atoms with Gasteiger partial charge in [0, 0.05) is 5.69 Å². The van der Waals surface area contributed by atoms with Gasteiger partial charge in [-0.2, -0.15) is 0 Å². The Morgan fingerprint density at radius 1 is 1.25 bits per heavy atom. The molecule has 0 bridgehead atoms. The highest BCUT2D eigenvalue weighted by Crippen LogP contribution is 2.30. The minimum Gasteiger partial charge on any atom is -0.480 e. The number of hydrogen-bond donors (Lipinski definition) is 1. The molecule has 0 heterocycles. The number of fused-ring (bicyclic) bond motifs is 1. The summed E-state index contributed by atoms with van der Waals surface area (Å²) in [5.74, 6) is -1.39. The number of ether oxygens (including phenoxy) is 1. The van der Waals surface area contributed by atoms with Crippen LogP contribution in [0.1, 0.15) is 24.0 Å². The van der Waals surface area contributed by atoms with Crippen LogP contribution in [0, 0.1) is 0 Å². The molecule has 0 aromatic heterocycles. The average molecular weight is 277 g/mol. The van der Waals surface area contributed by atoms with Gasteiger partial charge in [-0.25, -0.2) is 0 Å². The highest BCUT2D eigenvalue weighted by atomic mass is 16.5. The Hall–Kier alpha value is -2.04. The number of rotatable bonds is 5. The van der Waals surface area contributed by atoms with E-state index in [-0.39, 0.29) is 13.1 Å². The number of hydrogen-bond acceptors (Lipinski definition) is 4. The molecular formula is C15H19NO4. The molecule has 1 aliphatic rings. The van der Waals surface area contributed by atoms with E-state index in [1.807, 2.05) is 12.1 Å². The van der Waals surface area contributed by atoms with Gasteiger partial charge in [0.05, 0.1) is 7.11 Å². The summed E-state index contributed by atoms with van der Waals surface area (Å²) in [6, 6.07) is 5.89. The summed E-state index contributed by atoms with van der Waals surface area (Å²) in [6.45, 7) is -0.245. The zero-order chi connectivity index (χ0) is 14.5. The van der Waals surface area contributed by atoms with Gasteiger partial charge >= 0.3 is 11.9 Å². The van der Waals surface area contributed by atoms with Crippen molar-refractivity contribution in [1.29, 1.82) is 0 Å². The maximum atomic E-state index is 11.5. The summed E-state index contributed by atoms with van der Waals surface area (Å²) in [5.41, 5.74) is 3.27. The maximum absolute atomic E-state index is 11.5. The molecule has 0 unspecified atom stereocenters. The van der Waals surface area contributed by atoms with Gasteiger partial charge in [-0.05, 0) is 42.9 Å². The van der Waals surface area contributed by atoms with E-state index in [0.29, 0.717) is 0 Å². The molecule has 0 fully saturated rings. The summed E-state index contributed by atoms with van der Waals surface area (Å²) in [5, 5.41) is 9.04. The van der Waals surface area contributed by atoms with Crippen molar-refractivity contribution in [3.63, 3.8) is 0 Å². The third kappa shape index (κ3) is 3.29. The Morgan fingerprint density at radius 3 is 2.70 bits per heavy atom. The molecular weight excluding hydrogens is 258 g/mol. The summed E-state index contributed by atoms with van der Waals surface area (Å²) >= 11 is 0. The molecule has 0 spiro atoms. The lowest BCUT2D eigenvalue weighted by atomic mass is 9.90. The van der Waals surface area contributed by atoms with Crippen LogP contribution in [-0.2, 0) is 27.2 Å². The predicted octanol–water partition coefficient (Wildman–Crippen LogP) is 1.63. The van der Waals surface area contributed by atoms with Crippen molar-refractivity contribution in [1.82, 2.24) is 0 Å². The zero-order valence-electron chi connectivity index (χ0n) is 11.6. The number of carbonyl (C=O) groups excluding carboxylic acids is 1. The summed E-state index contributed by atoms with van der Waals surface area (Å²) in [4.78, 5) is 24.1. The molecule has 2 rings (SSSR count). The second-order valence-electron chi connectivity index (χ2n) is 4.95. The third-order valence-electron chi connectivity index (χ3n) is 3.59. The van der Waals surface area contributed by atoms with Crippen molar-refractivity contribution in [2.24, 2.45) is 0 Å². The van der Waals surface area contributed by atoms with Gasteiger partial charge in [0.2, 0.25) is 0 Å². The number of anilines is 1. The second-order valence-corrected chi connectivity index (χ2v) is 4.95. The van der Waals surface area contributed by atoms with Gasteiger partial charge in [0.15, 0.2) is 0 Å². The quantitative estimate of drug-likeness (QED) is 0.829. The molecule has 5 heteroatoms. The Bertz CT molecular complexity index is 513. The van der Waals surface area contributed by atoms with E-state index >= 15 is 0 Å². The van der Waals surface area contributed by atoms with Crippen LogP contribution >= 0.6 is 0 Å². The molecule has 5 nitrogen and oxygen atoms in total. The molecule has 1 aromatic rings. The maximum Gasteiger partial charge on any atom is 0.325 e. The van der Waals surface area contributed by atoms with Crippen molar-refractivity contribution in [2.45, 2.75) is 25.7 Å². The van der Waals surface area contributed by atoms with E-state index in [1.54, 1.807) is 4.90 Å². The van der Waals surface area contributed by atoms with Crippen molar-refractivity contribution in [3.8, 4) is 0 Å². The molecule has 1 N–H and O–H groups in total. The fourth-order valence-electron chi connectivity index (χ4n) is 2.67. The molecule has 20 heavy (non-hydrogen) atoms. The second kappa shape index (κ2) is 6.41. The lowest BCUT2D eigenvalue weighted by Gasteiger charge is -2.27. The first-order valence-electron chi connectivity index (χ1n) is 6.76. The molecule has 0 aliphatic heterocycles. The fourth-order valence-corrected chi connectivity index (χ4v) is 2.67. The number of carboxylic acids is 1. The van der Waals surface area contributed by atoms with E-state index in [9.17, 15) is 9.59 Å². The van der Waals surface area contributed by atoms with Gasteiger partial charge in [0.25, 0.3) is 0 Å². The van der Waals surface area contributed by atoms with Crippen LogP contribution in [0.5, 0.6) is 0 Å². The number of methoxy groups -OCH3 is 1. The molecule has 0 saturated heterocycles. The number of esters is 1. The van der Waals surface area contributed by atoms with Gasteiger partial charge in [-0.15, -0.1) is 0 Å². The molecule has 0 radical (unpaired) electrons. The Labute approximate surface area is 118 Å². The molecule has 1 aliphatic carbocycles. The number of aryl methyl sites for hydroxylation is 1. The minimum atomic E-state index is -0.956. The first-order chi connectivity index (χ1) is 9.61. The smallest absolute Gasteiger partial charge is 0.325 e. The van der Waals surface area contributed by atoms with E-state index in [0.717, 1.165) is 31.4 Å². The number of carbonyl (C=O) groups is 2. The summed E-state index contributed by atoms with van der Waals surface area (Å²) < 4.78 is 4.65. The van der Waals surface area contributed by atoms with E-state index < -0.39 is 11.9 Å². The average Bonchev–Trinajstić information content (AvgIpc) is 2.45. The predicted molar refractivity (Wildman–Crippen MR) is 74.9 cm³/mol. The molecule has 1 aromatic carbocycles. The lowest BCUT2D eigenvalue weighted by molar-refractivity contribution is -0.139. The molecule has 108 valence electrons. The van der Waals surface area contributed by atoms with Gasteiger partial charge in [0.1, 0.15) is 13.1 Å². The van der Waals surface area contributed by atoms with Crippen LogP contribution in [0.2, 0.25) is 0 Å². The normalized spacial score (nSPS) is 13.4. The van der Waals surface area contributed by atoms with Crippen LogP contribution in [0.15, 0.2) is 18.2 Å². The number of aliphatic carboxylic acids is 1. The largest absolute Gasteiger partial charge is 0.480 e. The van der Waals surface area contributed by atoms with Crippen LogP contribution in [0.3, 0.4) is 0 Å².